The number of halogens is 1. The Morgan fingerprint density at radius 2 is 2.26 bits per heavy atom. The smallest absolute Gasteiger partial charge is 0.338 e. The highest BCUT2D eigenvalue weighted by Gasteiger charge is 2.11. The maximum absolute atomic E-state index is 10.8. The summed E-state index contributed by atoms with van der Waals surface area (Å²) in [6, 6.07) is 3.93. The molecule has 0 atom stereocenters. The Morgan fingerprint density at radius 3 is 2.95 bits per heavy atom. The van der Waals surface area contributed by atoms with Gasteiger partial charge in [0, 0.05) is 10.7 Å². The Bertz CT molecular complexity index is 790. The number of hydrogen-bond donors (Lipinski definition) is 2. The number of carbonyl (C=O) groups is 1. The largest absolute Gasteiger partial charge is 0.478 e. The zero-order chi connectivity index (χ0) is 13.6. The second-order valence-electron chi connectivity index (χ2n) is 4.18. The van der Waals surface area contributed by atoms with Gasteiger partial charge in [0.25, 0.3) is 0 Å². The molecule has 0 amide bonds. The second kappa shape index (κ2) is 4.20. The predicted octanol–water partition coefficient (Wildman–Crippen LogP) is 2.52. The van der Waals surface area contributed by atoms with Gasteiger partial charge in [-0.2, -0.15) is 5.10 Å². The molecule has 2 aromatic heterocycles. The quantitative estimate of drug-likeness (QED) is 0.760. The first-order valence-corrected chi connectivity index (χ1v) is 6.28. The van der Waals surface area contributed by atoms with E-state index in [0.717, 1.165) is 21.1 Å². The van der Waals surface area contributed by atoms with Gasteiger partial charge in [0.15, 0.2) is 0 Å². The van der Waals surface area contributed by atoms with Gasteiger partial charge in [0.05, 0.1) is 22.8 Å². The van der Waals surface area contributed by atoms with Crippen molar-refractivity contribution in [3.8, 4) is 5.95 Å². The number of aromatic amines is 1. The van der Waals surface area contributed by atoms with E-state index in [1.807, 2.05) is 19.1 Å². The molecular weight excluding hydrogens is 312 g/mol. The number of benzene rings is 1. The third-order valence-electron chi connectivity index (χ3n) is 2.72. The maximum Gasteiger partial charge on any atom is 0.338 e. The summed E-state index contributed by atoms with van der Waals surface area (Å²) in [6.07, 6.45) is 2.70. The first-order chi connectivity index (χ1) is 9.04. The highest BCUT2D eigenvalue weighted by atomic mass is 79.9. The number of H-pyrrole nitrogens is 1. The van der Waals surface area contributed by atoms with Crippen LogP contribution < -0.4 is 0 Å². The fourth-order valence-electron chi connectivity index (χ4n) is 1.85. The topological polar surface area (TPSA) is 83.8 Å². The van der Waals surface area contributed by atoms with Crippen molar-refractivity contribution in [2.45, 2.75) is 6.92 Å². The molecule has 2 heterocycles. The minimum Gasteiger partial charge on any atom is -0.478 e. The van der Waals surface area contributed by atoms with E-state index in [1.54, 1.807) is 0 Å². The number of nitrogens with one attached hydrogen (secondary N) is 1. The van der Waals surface area contributed by atoms with Gasteiger partial charge in [-0.3, -0.25) is 0 Å². The summed E-state index contributed by atoms with van der Waals surface area (Å²) in [5, 5.41) is 12.9. The monoisotopic (exact) mass is 320 g/mol. The zero-order valence-electron chi connectivity index (χ0n) is 9.88. The molecule has 1 aromatic carbocycles. The van der Waals surface area contributed by atoms with Crippen molar-refractivity contribution in [2.24, 2.45) is 0 Å². The Hall–Kier alpha value is -2.15. The summed E-state index contributed by atoms with van der Waals surface area (Å²) in [5.74, 6) is -0.534. The average molecular weight is 321 g/mol. The van der Waals surface area contributed by atoms with E-state index in [1.165, 1.54) is 17.1 Å². The normalized spacial score (nSPS) is 11.1. The van der Waals surface area contributed by atoms with Crippen molar-refractivity contribution in [2.75, 3.05) is 0 Å². The number of carboxylic acid groups (broad SMARTS) is 1. The van der Waals surface area contributed by atoms with Crippen LogP contribution in [0.1, 0.15) is 15.9 Å². The third kappa shape index (κ3) is 2.01. The second-order valence-corrected chi connectivity index (χ2v) is 5.03. The minimum atomic E-state index is -1.01. The number of fused-ring (bicyclic) bond motifs is 1. The fraction of sp³-hybridized carbons (Fsp3) is 0.0833. The first-order valence-electron chi connectivity index (χ1n) is 5.49. The molecule has 0 bridgehead atoms. The number of rotatable bonds is 2. The predicted molar refractivity (Wildman–Crippen MR) is 72.6 cm³/mol. The van der Waals surface area contributed by atoms with Crippen LogP contribution in [-0.2, 0) is 0 Å². The van der Waals surface area contributed by atoms with E-state index in [0.29, 0.717) is 5.95 Å². The van der Waals surface area contributed by atoms with E-state index in [2.05, 4.69) is 31.0 Å². The number of hydrogen-bond acceptors (Lipinski definition) is 3. The molecule has 3 aromatic rings. The van der Waals surface area contributed by atoms with Gasteiger partial charge in [-0.1, -0.05) is 0 Å². The molecule has 96 valence electrons. The van der Waals surface area contributed by atoms with Crippen LogP contribution in [-0.4, -0.2) is 30.8 Å². The molecular formula is C12H9BrN4O2. The van der Waals surface area contributed by atoms with Crippen molar-refractivity contribution in [3.63, 3.8) is 0 Å². The number of carboxylic acids is 1. The molecule has 2 N–H and O–H groups in total. The van der Waals surface area contributed by atoms with Crippen molar-refractivity contribution in [1.82, 2.24) is 19.7 Å². The molecule has 0 aliphatic rings. The van der Waals surface area contributed by atoms with Gasteiger partial charge < -0.3 is 10.1 Å². The van der Waals surface area contributed by atoms with E-state index < -0.39 is 5.97 Å². The summed E-state index contributed by atoms with van der Waals surface area (Å²) < 4.78 is 2.32. The number of aromatic nitrogens is 4. The van der Waals surface area contributed by atoms with E-state index >= 15 is 0 Å². The van der Waals surface area contributed by atoms with Gasteiger partial charge >= 0.3 is 5.97 Å². The van der Waals surface area contributed by atoms with Crippen molar-refractivity contribution >= 4 is 32.9 Å². The lowest BCUT2D eigenvalue weighted by Crippen LogP contribution is -1.97. The Balaban J connectivity index is 2.14. The number of aromatic carboxylic acids is 1. The lowest BCUT2D eigenvalue weighted by molar-refractivity contribution is 0.0697. The lowest BCUT2D eigenvalue weighted by atomic mass is 10.2. The van der Waals surface area contributed by atoms with Gasteiger partial charge in [-0.15, -0.1) is 0 Å². The molecule has 3 rings (SSSR count). The zero-order valence-corrected chi connectivity index (χ0v) is 11.5. The van der Waals surface area contributed by atoms with Crippen molar-refractivity contribution in [1.29, 1.82) is 0 Å². The Labute approximate surface area is 116 Å². The minimum absolute atomic E-state index is 0.121. The summed E-state index contributed by atoms with van der Waals surface area (Å²) in [5.41, 5.74) is 2.86. The van der Waals surface area contributed by atoms with Crippen LogP contribution in [0.25, 0.3) is 17.0 Å². The Kier molecular flexibility index (Phi) is 2.63. The number of imidazole rings is 1. The van der Waals surface area contributed by atoms with E-state index in [-0.39, 0.29) is 5.56 Å². The van der Waals surface area contributed by atoms with Gasteiger partial charge in [-0.25, -0.2) is 14.5 Å². The van der Waals surface area contributed by atoms with E-state index in [9.17, 15) is 4.79 Å². The number of aryl methyl sites for hydroxylation is 1. The molecule has 0 radical (unpaired) electrons. The van der Waals surface area contributed by atoms with Crippen LogP contribution >= 0.6 is 15.9 Å². The maximum atomic E-state index is 10.8. The molecule has 0 fully saturated rings. The summed E-state index contributed by atoms with van der Waals surface area (Å²) in [4.78, 5) is 18.3. The molecule has 0 aliphatic heterocycles. The summed E-state index contributed by atoms with van der Waals surface area (Å²) in [6.45, 7) is 1.98. The first kappa shape index (κ1) is 11.9. The van der Waals surface area contributed by atoms with Crippen LogP contribution in [0.3, 0.4) is 0 Å². The average Bonchev–Trinajstić information content (AvgIpc) is 2.92. The van der Waals surface area contributed by atoms with Gasteiger partial charge in [0.1, 0.15) is 0 Å². The van der Waals surface area contributed by atoms with Crippen LogP contribution in [0.4, 0.5) is 0 Å². The molecule has 0 saturated heterocycles. The highest BCUT2D eigenvalue weighted by molar-refractivity contribution is 9.10. The summed E-state index contributed by atoms with van der Waals surface area (Å²) >= 11 is 3.47. The van der Waals surface area contributed by atoms with Gasteiger partial charge in [0.2, 0.25) is 5.95 Å². The fourth-order valence-corrected chi connectivity index (χ4v) is 2.51. The molecule has 19 heavy (non-hydrogen) atoms. The van der Waals surface area contributed by atoms with E-state index in [4.69, 9.17) is 5.11 Å². The van der Waals surface area contributed by atoms with Crippen LogP contribution in [0.15, 0.2) is 29.0 Å². The van der Waals surface area contributed by atoms with Crippen LogP contribution in [0.2, 0.25) is 0 Å². The molecule has 0 unspecified atom stereocenters. The lowest BCUT2D eigenvalue weighted by Gasteiger charge is -1.95. The Morgan fingerprint density at radius 1 is 1.47 bits per heavy atom. The molecule has 7 heteroatoms. The SMILES string of the molecule is Cc1cc(Br)c2[nH]c(-n3cc(C(=O)O)cn3)nc2c1. The van der Waals surface area contributed by atoms with Crippen molar-refractivity contribution < 1.29 is 9.90 Å². The highest BCUT2D eigenvalue weighted by Crippen LogP contribution is 2.24. The van der Waals surface area contributed by atoms with Crippen LogP contribution in [0, 0.1) is 6.92 Å². The molecule has 0 aliphatic carbocycles. The van der Waals surface area contributed by atoms with Gasteiger partial charge in [-0.05, 0) is 40.5 Å². The summed E-state index contributed by atoms with van der Waals surface area (Å²) in [7, 11) is 0. The number of nitrogens with zero attached hydrogens (tertiary/aromatic N) is 3. The third-order valence-corrected chi connectivity index (χ3v) is 3.35. The molecule has 0 saturated carbocycles. The molecule has 0 spiro atoms. The standard InChI is InChI=1S/C12H9BrN4O2/c1-6-2-8(13)10-9(3-6)15-12(16-10)17-5-7(4-14-17)11(18)19/h2-5H,1H3,(H,15,16)(H,18,19). The van der Waals surface area contributed by atoms with Crippen molar-refractivity contribution in [3.05, 3.63) is 40.1 Å². The molecule has 6 nitrogen and oxygen atoms in total. The van der Waals surface area contributed by atoms with Crippen LogP contribution in [0.5, 0.6) is 0 Å².